The fourth-order valence-electron chi connectivity index (χ4n) is 8.02. The van der Waals surface area contributed by atoms with Gasteiger partial charge in [-0.2, -0.15) is 9.78 Å². The molecule has 4 aliphatic carbocycles. The number of esters is 1. The number of rotatable bonds is 9. The summed E-state index contributed by atoms with van der Waals surface area (Å²) in [6.45, 7) is 2.27. The topological polar surface area (TPSA) is 176 Å². The van der Waals surface area contributed by atoms with E-state index in [-0.39, 0.29) is 29.2 Å². The van der Waals surface area contributed by atoms with Gasteiger partial charge in [0, 0.05) is 6.54 Å². The van der Waals surface area contributed by atoms with Gasteiger partial charge in [-0.1, -0.05) is 11.6 Å². The molecule has 5 aliphatic rings. The summed E-state index contributed by atoms with van der Waals surface area (Å²) in [4.78, 5) is 28.9. The highest BCUT2D eigenvalue weighted by Gasteiger charge is 2.51. The number of hydrogen-bond acceptors (Lipinski definition) is 12. The van der Waals surface area contributed by atoms with E-state index >= 15 is 0 Å². The van der Waals surface area contributed by atoms with Crippen molar-refractivity contribution in [2.45, 2.75) is 57.9 Å². The molecule has 0 radical (unpaired) electrons. The third-order valence-corrected chi connectivity index (χ3v) is 9.75. The fourth-order valence-corrected chi connectivity index (χ4v) is 8.02. The number of methoxy groups -OCH3 is 1. The third kappa shape index (κ3) is 5.53. The lowest BCUT2D eigenvalue weighted by molar-refractivity contribution is -0.152. The Bertz CT molecular complexity index is 1530. The lowest BCUT2D eigenvalue weighted by Crippen LogP contribution is -2.49. The maximum Gasteiger partial charge on any atom is 0.315 e. The van der Waals surface area contributed by atoms with Crippen molar-refractivity contribution in [3.8, 4) is 17.3 Å². The van der Waals surface area contributed by atoms with Gasteiger partial charge in [0.1, 0.15) is 5.69 Å². The first kappa shape index (κ1) is 28.4. The standard InChI is InChI=1S/C30H37N9O5/c1-42-24-14-17(5-6-23(24)43-30(41)25-20-10-18-9-19(12-20)13-21(25)11-18)15-32-34-29(40)26-22(16-38-7-3-2-4-8-38)33-37-39(26)28-27(31)35-44-36-28/h5-6,14-15,18-21,25H,2-4,7-13,16H2,1H3,(H2,31,35)(H,34,40). The molecule has 8 rings (SSSR count). The van der Waals surface area contributed by atoms with E-state index in [0.29, 0.717) is 41.1 Å². The number of nitrogens with one attached hydrogen (secondary N) is 1. The van der Waals surface area contributed by atoms with Crippen LogP contribution < -0.4 is 20.6 Å². The number of hydrazone groups is 1. The van der Waals surface area contributed by atoms with Gasteiger partial charge in [0.2, 0.25) is 11.6 Å². The molecule has 4 saturated carbocycles. The molecule has 4 bridgehead atoms. The Labute approximate surface area is 254 Å². The largest absolute Gasteiger partial charge is 0.493 e. The molecule has 14 heteroatoms. The summed E-state index contributed by atoms with van der Waals surface area (Å²) in [5, 5.41) is 19.9. The smallest absolute Gasteiger partial charge is 0.315 e. The number of aromatic nitrogens is 5. The molecule has 3 aromatic rings. The molecule has 1 amide bonds. The number of hydrogen-bond donors (Lipinski definition) is 2. The van der Waals surface area contributed by atoms with Crippen molar-refractivity contribution < 1.29 is 23.7 Å². The number of carbonyl (C=O) groups excluding carboxylic acids is 2. The van der Waals surface area contributed by atoms with Crippen LogP contribution in [-0.4, -0.2) is 68.5 Å². The Hall–Kier alpha value is -4.33. The Kier molecular flexibility index (Phi) is 7.75. The highest BCUT2D eigenvalue weighted by Crippen LogP contribution is 2.56. The summed E-state index contributed by atoms with van der Waals surface area (Å²) in [5.74, 6) is 2.54. The Morgan fingerprint density at radius 2 is 1.82 bits per heavy atom. The van der Waals surface area contributed by atoms with Gasteiger partial charge >= 0.3 is 5.97 Å². The molecular formula is C30H37N9O5. The third-order valence-electron chi connectivity index (χ3n) is 9.75. The first-order valence-electron chi connectivity index (χ1n) is 15.4. The van der Waals surface area contributed by atoms with Crippen LogP contribution in [0.2, 0.25) is 0 Å². The number of nitrogens with zero attached hydrogens (tertiary/aromatic N) is 7. The zero-order chi connectivity index (χ0) is 30.2. The van der Waals surface area contributed by atoms with E-state index in [0.717, 1.165) is 63.5 Å². The maximum absolute atomic E-state index is 13.4. The van der Waals surface area contributed by atoms with Crippen molar-refractivity contribution in [1.82, 2.24) is 35.6 Å². The first-order valence-corrected chi connectivity index (χ1v) is 15.4. The summed E-state index contributed by atoms with van der Waals surface area (Å²) in [7, 11) is 1.53. The van der Waals surface area contributed by atoms with Crippen LogP contribution in [0, 0.1) is 29.6 Å². The lowest BCUT2D eigenvalue weighted by Gasteiger charge is -2.53. The zero-order valence-corrected chi connectivity index (χ0v) is 24.7. The number of likely N-dealkylation sites (tertiary alicyclic amines) is 1. The van der Waals surface area contributed by atoms with Crippen molar-refractivity contribution in [1.29, 1.82) is 0 Å². The number of nitrogens with two attached hydrogens (primary N) is 1. The Morgan fingerprint density at radius 3 is 2.50 bits per heavy atom. The van der Waals surface area contributed by atoms with Gasteiger partial charge < -0.3 is 15.2 Å². The van der Waals surface area contributed by atoms with E-state index in [2.05, 4.69) is 36.1 Å². The second kappa shape index (κ2) is 12.0. The molecule has 2 aromatic heterocycles. The van der Waals surface area contributed by atoms with E-state index < -0.39 is 5.91 Å². The molecule has 3 N–H and O–H groups in total. The molecule has 0 unspecified atom stereocenters. The van der Waals surface area contributed by atoms with E-state index in [9.17, 15) is 9.59 Å². The molecule has 3 heterocycles. The van der Waals surface area contributed by atoms with Crippen molar-refractivity contribution in [2.24, 2.45) is 34.7 Å². The zero-order valence-electron chi connectivity index (χ0n) is 24.7. The molecular weight excluding hydrogens is 566 g/mol. The summed E-state index contributed by atoms with van der Waals surface area (Å²) in [6.07, 6.45) is 10.7. The second-order valence-electron chi connectivity index (χ2n) is 12.6. The number of piperidine rings is 1. The highest BCUT2D eigenvalue weighted by molar-refractivity contribution is 5.95. The molecule has 0 spiro atoms. The molecule has 5 fully saturated rings. The first-order chi connectivity index (χ1) is 21.5. The van der Waals surface area contributed by atoms with Crippen LogP contribution in [0.3, 0.4) is 0 Å². The predicted molar refractivity (Wildman–Crippen MR) is 157 cm³/mol. The van der Waals surface area contributed by atoms with Crippen LogP contribution in [0.1, 0.15) is 73.1 Å². The number of carbonyl (C=O) groups is 2. The van der Waals surface area contributed by atoms with Gasteiger partial charge in [-0.05, 0) is 116 Å². The van der Waals surface area contributed by atoms with Crippen molar-refractivity contribution in [3.63, 3.8) is 0 Å². The van der Waals surface area contributed by atoms with Crippen molar-refractivity contribution >= 4 is 23.9 Å². The van der Waals surface area contributed by atoms with Crippen LogP contribution in [0.4, 0.5) is 5.82 Å². The average molecular weight is 604 g/mol. The number of amides is 1. The molecule has 1 saturated heterocycles. The monoisotopic (exact) mass is 603 g/mol. The quantitative estimate of drug-likeness (QED) is 0.159. The molecule has 0 atom stereocenters. The molecule has 232 valence electrons. The van der Waals surface area contributed by atoms with E-state index in [4.69, 9.17) is 19.8 Å². The molecule has 1 aliphatic heterocycles. The van der Waals surface area contributed by atoms with Crippen LogP contribution >= 0.6 is 0 Å². The molecule has 14 nitrogen and oxygen atoms in total. The molecule has 1 aromatic carbocycles. The van der Waals surface area contributed by atoms with Gasteiger partial charge in [-0.25, -0.2) is 10.1 Å². The van der Waals surface area contributed by atoms with Gasteiger partial charge in [0.25, 0.3) is 5.91 Å². The number of anilines is 1. The van der Waals surface area contributed by atoms with E-state index in [1.54, 1.807) is 18.2 Å². The summed E-state index contributed by atoms with van der Waals surface area (Å²) < 4.78 is 17.4. The Balaban J connectivity index is 1.04. The van der Waals surface area contributed by atoms with Crippen LogP contribution in [-0.2, 0) is 11.3 Å². The normalized spacial score (nSPS) is 26.2. The van der Waals surface area contributed by atoms with Crippen LogP contribution in [0.5, 0.6) is 11.5 Å². The highest BCUT2D eigenvalue weighted by atomic mass is 16.6. The number of benzene rings is 1. The van der Waals surface area contributed by atoms with Crippen molar-refractivity contribution in [3.05, 3.63) is 35.2 Å². The number of ether oxygens (including phenoxy) is 2. The molecule has 44 heavy (non-hydrogen) atoms. The van der Waals surface area contributed by atoms with Gasteiger partial charge in [0.05, 0.1) is 19.2 Å². The lowest BCUT2D eigenvalue weighted by atomic mass is 9.52. The fraction of sp³-hybridized carbons (Fsp3) is 0.567. The second-order valence-corrected chi connectivity index (χ2v) is 12.6. The Morgan fingerprint density at radius 1 is 1.07 bits per heavy atom. The van der Waals surface area contributed by atoms with Gasteiger partial charge in [-0.3, -0.25) is 14.5 Å². The SMILES string of the molecule is COc1cc(C=NNC(=O)c2c(CN3CCCCC3)nnn2-c2nonc2N)ccc1OC(=O)C1C2CC3CC(C2)CC1C3. The minimum absolute atomic E-state index is 0.0202. The van der Waals surface area contributed by atoms with Crippen LogP contribution in [0.25, 0.3) is 5.82 Å². The van der Waals surface area contributed by atoms with Gasteiger partial charge in [0.15, 0.2) is 17.2 Å². The summed E-state index contributed by atoms with van der Waals surface area (Å²) in [6, 6.07) is 5.17. The minimum atomic E-state index is -0.547. The summed E-state index contributed by atoms with van der Waals surface area (Å²) >= 11 is 0. The average Bonchev–Trinajstić information content (AvgIpc) is 3.63. The summed E-state index contributed by atoms with van der Waals surface area (Å²) in [5.41, 5.74) is 9.68. The van der Waals surface area contributed by atoms with Crippen molar-refractivity contribution in [2.75, 3.05) is 25.9 Å². The maximum atomic E-state index is 13.4. The van der Waals surface area contributed by atoms with Gasteiger partial charge in [-0.15, -0.1) is 5.10 Å². The van der Waals surface area contributed by atoms with E-state index in [1.807, 2.05) is 0 Å². The minimum Gasteiger partial charge on any atom is -0.493 e. The van der Waals surface area contributed by atoms with Crippen LogP contribution in [0.15, 0.2) is 27.9 Å². The number of nitrogen functional groups attached to an aromatic ring is 1. The van der Waals surface area contributed by atoms with E-state index in [1.165, 1.54) is 30.8 Å². The predicted octanol–water partition coefficient (Wildman–Crippen LogP) is 2.97.